The molecule has 0 saturated carbocycles. The van der Waals surface area contributed by atoms with Crippen molar-refractivity contribution in [2.24, 2.45) is 5.41 Å². The fourth-order valence-electron chi connectivity index (χ4n) is 4.13. The van der Waals surface area contributed by atoms with E-state index in [0.29, 0.717) is 25.8 Å². The summed E-state index contributed by atoms with van der Waals surface area (Å²) in [6.07, 6.45) is 6.20. The lowest BCUT2D eigenvalue weighted by Gasteiger charge is -2.40. The van der Waals surface area contributed by atoms with Crippen molar-refractivity contribution in [3.63, 3.8) is 0 Å². The van der Waals surface area contributed by atoms with Crippen LogP contribution >= 0.6 is 0 Å². The number of imidazole rings is 1. The van der Waals surface area contributed by atoms with E-state index in [0.717, 1.165) is 36.7 Å². The summed E-state index contributed by atoms with van der Waals surface area (Å²) in [7, 11) is 0. The van der Waals surface area contributed by atoms with Gasteiger partial charge in [-0.3, -0.25) is 4.79 Å². The molecule has 27 heavy (non-hydrogen) atoms. The van der Waals surface area contributed by atoms with Gasteiger partial charge in [0, 0.05) is 31.4 Å². The molecule has 2 aliphatic heterocycles. The molecule has 1 aromatic carbocycles. The monoisotopic (exact) mass is 369 g/mol. The number of piperidine rings is 1. The number of hydrogen-bond acceptors (Lipinski definition) is 4. The van der Waals surface area contributed by atoms with E-state index < -0.39 is 0 Å². The van der Waals surface area contributed by atoms with E-state index in [1.54, 1.807) is 0 Å². The van der Waals surface area contributed by atoms with Crippen LogP contribution in [0.5, 0.6) is 11.5 Å². The van der Waals surface area contributed by atoms with Gasteiger partial charge in [0.2, 0.25) is 12.7 Å². The van der Waals surface area contributed by atoms with E-state index in [1.165, 1.54) is 5.56 Å². The highest BCUT2D eigenvalue weighted by molar-refractivity contribution is 5.77. The highest BCUT2D eigenvalue weighted by Gasteiger charge is 2.35. The molecule has 0 N–H and O–H groups in total. The molecule has 144 valence electrons. The first-order valence-electron chi connectivity index (χ1n) is 9.61. The highest BCUT2D eigenvalue weighted by atomic mass is 16.7. The largest absolute Gasteiger partial charge is 0.454 e. The Kier molecular flexibility index (Phi) is 4.58. The molecule has 6 heteroatoms. The molecule has 2 aromatic rings. The first-order valence-corrected chi connectivity index (χ1v) is 9.61. The van der Waals surface area contributed by atoms with Gasteiger partial charge in [-0.05, 0) is 49.8 Å². The predicted octanol–water partition coefficient (Wildman–Crippen LogP) is 3.56. The summed E-state index contributed by atoms with van der Waals surface area (Å²) >= 11 is 0. The quantitative estimate of drug-likeness (QED) is 0.809. The van der Waals surface area contributed by atoms with E-state index in [9.17, 15) is 4.79 Å². The maximum Gasteiger partial charge on any atom is 0.231 e. The molecule has 0 aliphatic carbocycles. The van der Waals surface area contributed by atoms with Crippen molar-refractivity contribution in [3.05, 3.63) is 42.0 Å². The van der Waals surface area contributed by atoms with Crippen molar-refractivity contribution >= 4 is 5.91 Å². The number of ether oxygens (including phenoxy) is 2. The number of nitrogens with zero attached hydrogens (tertiary/aromatic N) is 3. The molecule has 1 unspecified atom stereocenters. The third-order valence-corrected chi connectivity index (χ3v) is 5.57. The average Bonchev–Trinajstić information content (AvgIpc) is 3.27. The van der Waals surface area contributed by atoms with Crippen LogP contribution in [0, 0.1) is 5.41 Å². The van der Waals surface area contributed by atoms with E-state index in [2.05, 4.69) is 42.5 Å². The van der Waals surface area contributed by atoms with Crippen LogP contribution in [-0.4, -0.2) is 33.7 Å². The van der Waals surface area contributed by atoms with E-state index in [-0.39, 0.29) is 11.3 Å². The number of hydrogen-bond donors (Lipinski definition) is 0. The summed E-state index contributed by atoms with van der Waals surface area (Å²) in [5, 5.41) is 0. The van der Waals surface area contributed by atoms with Crippen LogP contribution in [0.3, 0.4) is 0 Å². The summed E-state index contributed by atoms with van der Waals surface area (Å²) in [6.45, 7) is 8.14. The molecular formula is C21H27N3O3. The summed E-state index contributed by atoms with van der Waals surface area (Å²) in [5.41, 5.74) is 1.26. The maximum atomic E-state index is 12.5. The molecule has 0 radical (unpaired) electrons. The van der Waals surface area contributed by atoms with Gasteiger partial charge in [-0.1, -0.05) is 13.0 Å². The first-order chi connectivity index (χ1) is 12.9. The standard InChI is InChI=1S/C21H27N3O3/c1-15(2)24-9-8-22-19(24)12-23-13-21(3,7-6-20(23)25)11-16-4-5-17-18(10-16)27-14-26-17/h4-5,8-10,15H,6-7,11-14H2,1-3H3. The van der Waals surface area contributed by atoms with Gasteiger partial charge in [0.1, 0.15) is 5.82 Å². The van der Waals surface area contributed by atoms with Crippen molar-refractivity contribution in [3.8, 4) is 11.5 Å². The van der Waals surface area contributed by atoms with Crippen molar-refractivity contribution < 1.29 is 14.3 Å². The van der Waals surface area contributed by atoms with Crippen LogP contribution < -0.4 is 9.47 Å². The molecule has 0 spiro atoms. The smallest absolute Gasteiger partial charge is 0.231 e. The van der Waals surface area contributed by atoms with E-state index >= 15 is 0 Å². The fraction of sp³-hybridized carbons (Fsp3) is 0.524. The Bertz CT molecular complexity index is 845. The van der Waals surface area contributed by atoms with Crippen LogP contribution in [-0.2, 0) is 17.8 Å². The Hall–Kier alpha value is -2.50. The van der Waals surface area contributed by atoms with Gasteiger partial charge < -0.3 is 18.9 Å². The maximum absolute atomic E-state index is 12.5. The molecule has 1 saturated heterocycles. The number of fused-ring (bicyclic) bond motifs is 1. The molecule has 1 atom stereocenters. The topological polar surface area (TPSA) is 56.6 Å². The summed E-state index contributed by atoms with van der Waals surface area (Å²) < 4.78 is 13.0. The Morgan fingerprint density at radius 3 is 2.89 bits per heavy atom. The number of likely N-dealkylation sites (tertiary alicyclic amines) is 1. The molecule has 1 aromatic heterocycles. The van der Waals surface area contributed by atoms with Crippen LogP contribution in [0.25, 0.3) is 0 Å². The normalized spacial score (nSPS) is 21.9. The number of benzene rings is 1. The molecule has 3 heterocycles. The SMILES string of the molecule is CC(C)n1ccnc1CN1CC(C)(Cc2ccc3c(c2)OCO3)CCC1=O. The molecule has 4 rings (SSSR count). The Labute approximate surface area is 160 Å². The van der Waals surface area contributed by atoms with Crippen molar-refractivity contribution in [1.82, 2.24) is 14.5 Å². The third kappa shape index (κ3) is 3.66. The van der Waals surface area contributed by atoms with Gasteiger partial charge in [0.25, 0.3) is 0 Å². The minimum absolute atomic E-state index is 0.0386. The van der Waals surface area contributed by atoms with Crippen molar-refractivity contribution in [1.29, 1.82) is 0 Å². The minimum atomic E-state index is 0.0386. The summed E-state index contributed by atoms with van der Waals surface area (Å²) in [6, 6.07) is 6.49. The highest BCUT2D eigenvalue weighted by Crippen LogP contribution is 2.38. The number of aromatic nitrogens is 2. The number of rotatable bonds is 5. The zero-order chi connectivity index (χ0) is 19.0. The number of carbonyl (C=O) groups is 1. The summed E-state index contributed by atoms with van der Waals surface area (Å²) in [4.78, 5) is 19.0. The zero-order valence-electron chi connectivity index (χ0n) is 16.3. The second-order valence-corrected chi connectivity index (χ2v) is 8.27. The van der Waals surface area contributed by atoms with Crippen LogP contribution in [0.15, 0.2) is 30.6 Å². The molecular weight excluding hydrogens is 342 g/mol. The number of amides is 1. The minimum Gasteiger partial charge on any atom is -0.454 e. The van der Waals surface area contributed by atoms with Crippen LogP contribution in [0.1, 0.15) is 51.0 Å². The third-order valence-electron chi connectivity index (χ3n) is 5.57. The molecule has 1 amide bonds. The molecule has 6 nitrogen and oxygen atoms in total. The average molecular weight is 369 g/mol. The van der Waals surface area contributed by atoms with Crippen molar-refractivity contribution in [2.75, 3.05) is 13.3 Å². The Morgan fingerprint density at radius 2 is 2.07 bits per heavy atom. The molecule has 2 aliphatic rings. The van der Waals surface area contributed by atoms with Crippen LogP contribution in [0.2, 0.25) is 0 Å². The van der Waals surface area contributed by atoms with Gasteiger partial charge in [-0.25, -0.2) is 4.98 Å². The van der Waals surface area contributed by atoms with E-state index in [1.807, 2.05) is 23.4 Å². The predicted molar refractivity (Wildman–Crippen MR) is 102 cm³/mol. The van der Waals surface area contributed by atoms with Gasteiger partial charge >= 0.3 is 0 Å². The fourth-order valence-corrected chi connectivity index (χ4v) is 4.13. The van der Waals surface area contributed by atoms with Crippen LogP contribution in [0.4, 0.5) is 0 Å². The Morgan fingerprint density at radius 1 is 1.26 bits per heavy atom. The summed E-state index contributed by atoms with van der Waals surface area (Å²) in [5.74, 6) is 2.80. The first kappa shape index (κ1) is 17.9. The van der Waals surface area contributed by atoms with Gasteiger partial charge in [0.15, 0.2) is 11.5 Å². The van der Waals surface area contributed by atoms with Gasteiger partial charge in [-0.2, -0.15) is 0 Å². The lowest BCUT2D eigenvalue weighted by Crippen LogP contribution is -2.46. The Balaban J connectivity index is 1.49. The second kappa shape index (κ2) is 6.91. The number of carbonyl (C=O) groups excluding carboxylic acids is 1. The second-order valence-electron chi connectivity index (χ2n) is 8.27. The zero-order valence-corrected chi connectivity index (χ0v) is 16.3. The van der Waals surface area contributed by atoms with E-state index in [4.69, 9.17) is 9.47 Å². The molecule has 0 bridgehead atoms. The van der Waals surface area contributed by atoms with Gasteiger partial charge in [-0.15, -0.1) is 0 Å². The lowest BCUT2D eigenvalue weighted by molar-refractivity contribution is -0.138. The lowest BCUT2D eigenvalue weighted by atomic mass is 9.76. The van der Waals surface area contributed by atoms with Gasteiger partial charge in [0.05, 0.1) is 6.54 Å². The van der Waals surface area contributed by atoms with Crippen molar-refractivity contribution in [2.45, 2.75) is 52.6 Å². The molecule has 1 fully saturated rings.